The Balaban J connectivity index is 2.14. The Kier molecular flexibility index (Phi) is 4.45. The number of hydrogen-bond acceptors (Lipinski definition) is 1. The number of hydrogen-bond donors (Lipinski definition) is 1. The number of anilines is 1. The minimum absolute atomic E-state index is 0.161. The molecule has 18 heavy (non-hydrogen) atoms. The molecule has 1 N–H and O–H groups in total. The van der Waals surface area contributed by atoms with Gasteiger partial charge in [-0.2, -0.15) is 0 Å². The van der Waals surface area contributed by atoms with Crippen LogP contribution in [-0.4, -0.2) is 0 Å². The Hall–Kier alpha value is -0.810. The first-order valence-corrected chi connectivity index (χ1v) is 6.96. The minimum atomic E-state index is -0.352. The first kappa shape index (κ1) is 13.6. The van der Waals surface area contributed by atoms with Crippen molar-refractivity contribution in [2.24, 2.45) is 0 Å². The fraction of sp³-hybridized carbons (Fsp3) is 0.143. The molecule has 0 heterocycles. The molecule has 2 rings (SSSR count). The summed E-state index contributed by atoms with van der Waals surface area (Å²) < 4.78 is 14.9. The summed E-state index contributed by atoms with van der Waals surface area (Å²) in [5.41, 5.74) is 2.72. The minimum Gasteiger partial charge on any atom is -0.381 e. The molecule has 0 amide bonds. The van der Waals surface area contributed by atoms with Gasteiger partial charge in [0, 0.05) is 21.4 Å². The zero-order valence-electron chi connectivity index (χ0n) is 9.81. The normalized spacial score (nSPS) is 10.4. The van der Waals surface area contributed by atoms with Gasteiger partial charge in [0.05, 0.1) is 5.02 Å². The van der Waals surface area contributed by atoms with Crippen LogP contribution in [-0.2, 0) is 6.54 Å². The summed E-state index contributed by atoms with van der Waals surface area (Å²) >= 11 is 8.01. The van der Waals surface area contributed by atoms with Crippen molar-refractivity contribution >= 4 is 39.9 Å². The van der Waals surface area contributed by atoms with E-state index in [4.69, 9.17) is 11.6 Å². The van der Waals surface area contributed by atoms with Crippen molar-refractivity contribution in [1.29, 1.82) is 0 Å². The van der Waals surface area contributed by atoms with Gasteiger partial charge in [0.25, 0.3) is 0 Å². The van der Waals surface area contributed by atoms with Crippen molar-refractivity contribution in [2.45, 2.75) is 13.5 Å². The van der Waals surface area contributed by atoms with Crippen LogP contribution in [0.3, 0.4) is 0 Å². The van der Waals surface area contributed by atoms with Crippen molar-refractivity contribution in [1.82, 2.24) is 0 Å². The molecule has 0 spiro atoms. The lowest BCUT2D eigenvalue weighted by Gasteiger charge is -2.11. The van der Waals surface area contributed by atoms with Gasteiger partial charge in [-0.1, -0.05) is 23.7 Å². The monoisotopic (exact) mass is 375 g/mol. The zero-order valence-corrected chi connectivity index (χ0v) is 12.7. The van der Waals surface area contributed by atoms with Gasteiger partial charge in [0.1, 0.15) is 5.82 Å². The first-order chi connectivity index (χ1) is 8.58. The molecule has 0 radical (unpaired) electrons. The van der Waals surface area contributed by atoms with E-state index in [1.165, 1.54) is 3.57 Å². The van der Waals surface area contributed by atoms with Gasteiger partial charge in [-0.05, 0) is 59.3 Å². The molecular weight excluding hydrogens is 364 g/mol. The van der Waals surface area contributed by atoms with Crippen molar-refractivity contribution < 1.29 is 4.39 Å². The van der Waals surface area contributed by atoms with Gasteiger partial charge in [0.15, 0.2) is 0 Å². The van der Waals surface area contributed by atoms with Crippen molar-refractivity contribution in [2.75, 3.05) is 5.32 Å². The maximum atomic E-state index is 13.7. The lowest BCUT2D eigenvalue weighted by atomic mass is 10.1. The van der Waals surface area contributed by atoms with E-state index in [1.54, 1.807) is 18.2 Å². The molecule has 2 aromatic rings. The second-order valence-corrected chi connectivity index (χ2v) is 5.68. The van der Waals surface area contributed by atoms with Crippen LogP contribution >= 0.6 is 34.2 Å². The van der Waals surface area contributed by atoms with Crippen LogP contribution in [0.4, 0.5) is 10.1 Å². The summed E-state index contributed by atoms with van der Waals surface area (Å²) in [6.45, 7) is 2.45. The van der Waals surface area contributed by atoms with E-state index in [2.05, 4.69) is 34.0 Å². The van der Waals surface area contributed by atoms with E-state index in [-0.39, 0.29) is 10.8 Å². The Labute approximate surface area is 124 Å². The van der Waals surface area contributed by atoms with Gasteiger partial charge >= 0.3 is 0 Å². The van der Waals surface area contributed by atoms with Crippen molar-refractivity contribution in [3.8, 4) is 0 Å². The van der Waals surface area contributed by atoms with Crippen molar-refractivity contribution in [3.63, 3.8) is 0 Å². The van der Waals surface area contributed by atoms with Crippen LogP contribution < -0.4 is 5.32 Å². The molecule has 0 aromatic heterocycles. The fourth-order valence-corrected chi connectivity index (χ4v) is 2.54. The van der Waals surface area contributed by atoms with Gasteiger partial charge in [-0.3, -0.25) is 0 Å². The predicted octanol–water partition coefficient (Wildman–Crippen LogP) is 5.00. The maximum absolute atomic E-state index is 13.7. The molecule has 1 nitrogen and oxygen atoms in total. The molecule has 4 heteroatoms. The van der Waals surface area contributed by atoms with Crippen LogP contribution in [0.15, 0.2) is 36.4 Å². The molecule has 0 atom stereocenters. The largest absolute Gasteiger partial charge is 0.381 e. The highest BCUT2D eigenvalue weighted by Crippen LogP contribution is 2.21. The topological polar surface area (TPSA) is 12.0 Å². The quantitative estimate of drug-likeness (QED) is 0.744. The predicted molar refractivity (Wildman–Crippen MR) is 82.6 cm³/mol. The average molecular weight is 376 g/mol. The van der Waals surface area contributed by atoms with Crippen LogP contribution in [0.5, 0.6) is 0 Å². The van der Waals surface area contributed by atoms with E-state index in [9.17, 15) is 4.39 Å². The highest BCUT2D eigenvalue weighted by atomic mass is 127. The average Bonchev–Trinajstić information content (AvgIpc) is 2.33. The number of aryl methyl sites for hydroxylation is 1. The highest BCUT2D eigenvalue weighted by Gasteiger charge is 2.06. The fourth-order valence-electron chi connectivity index (χ4n) is 1.70. The molecular formula is C14H12ClFIN. The van der Waals surface area contributed by atoms with Crippen LogP contribution in [0.1, 0.15) is 11.1 Å². The number of nitrogens with one attached hydrogen (secondary N) is 1. The molecule has 0 aliphatic carbocycles. The first-order valence-electron chi connectivity index (χ1n) is 5.51. The standard InChI is InChI=1S/C14H12ClFIN/c1-9-7-11(17)5-6-13(9)18-8-10-3-2-4-12(15)14(10)16/h2-7,18H,8H2,1H3. The number of halogens is 3. The number of rotatable bonds is 3. The molecule has 0 bridgehead atoms. The van der Waals surface area contributed by atoms with Crippen LogP contribution in [0, 0.1) is 16.3 Å². The third-order valence-electron chi connectivity index (χ3n) is 2.69. The van der Waals surface area contributed by atoms with Crippen molar-refractivity contribution in [3.05, 3.63) is 61.9 Å². The summed E-state index contributed by atoms with van der Waals surface area (Å²) in [6, 6.07) is 11.1. The van der Waals surface area contributed by atoms with E-state index < -0.39 is 0 Å². The summed E-state index contributed by atoms with van der Waals surface area (Å²) in [4.78, 5) is 0. The maximum Gasteiger partial charge on any atom is 0.146 e. The van der Waals surface area contributed by atoms with Crippen LogP contribution in [0.2, 0.25) is 5.02 Å². The second-order valence-electron chi connectivity index (χ2n) is 4.03. The Bertz CT molecular complexity index is 572. The summed E-state index contributed by atoms with van der Waals surface area (Å²) in [7, 11) is 0. The van der Waals surface area contributed by atoms with E-state index in [0.29, 0.717) is 12.1 Å². The molecule has 0 aliphatic rings. The lowest BCUT2D eigenvalue weighted by Crippen LogP contribution is -2.03. The third kappa shape index (κ3) is 3.14. The van der Waals surface area contributed by atoms with Gasteiger partial charge in [0.2, 0.25) is 0 Å². The molecule has 0 saturated heterocycles. The van der Waals surface area contributed by atoms with E-state index >= 15 is 0 Å². The van der Waals surface area contributed by atoms with Gasteiger partial charge in [-0.25, -0.2) is 4.39 Å². The molecule has 0 aliphatic heterocycles. The highest BCUT2D eigenvalue weighted by molar-refractivity contribution is 14.1. The summed E-state index contributed by atoms with van der Waals surface area (Å²) in [6.07, 6.45) is 0. The SMILES string of the molecule is Cc1cc(I)ccc1NCc1cccc(Cl)c1F. The Morgan fingerprint density at radius 3 is 2.78 bits per heavy atom. The Morgan fingerprint density at radius 2 is 2.06 bits per heavy atom. The number of benzene rings is 2. The molecule has 2 aromatic carbocycles. The Morgan fingerprint density at radius 1 is 1.28 bits per heavy atom. The molecule has 0 fully saturated rings. The van der Waals surface area contributed by atoms with Gasteiger partial charge in [-0.15, -0.1) is 0 Å². The van der Waals surface area contributed by atoms with Gasteiger partial charge < -0.3 is 5.32 Å². The van der Waals surface area contributed by atoms with E-state index in [1.807, 2.05) is 19.1 Å². The van der Waals surface area contributed by atoms with E-state index in [0.717, 1.165) is 11.3 Å². The van der Waals surface area contributed by atoms with Crippen LogP contribution in [0.25, 0.3) is 0 Å². The third-order valence-corrected chi connectivity index (χ3v) is 3.65. The lowest BCUT2D eigenvalue weighted by molar-refractivity contribution is 0.613. The summed E-state index contributed by atoms with van der Waals surface area (Å²) in [5, 5.41) is 3.38. The second kappa shape index (κ2) is 5.89. The molecule has 0 unspecified atom stereocenters. The smallest absolute Gasteiger partial charge is 0.146 e. The molecule has 0 saturated carbocycles. The zero-order chi connectivity index (χ0) is 13.1. The molecule has 94 valence electrons. The summed E-state index contributed by atoms with van der Waals surface area (Å²) in [5.74, 6) is -0.352.